The normalized spacial score (nSPS) is 10.3. The van der Waals surface area contributed by atoms with Crippen molar-refractivity contribution in [1.82, 2.24) is 0 Å². The van der Waals surface area contributed by atoms with Gasteiger partial charge in [0.05, 0.1) is 0 Å². The second kappa shape index (κ2) is 6.15. The molecule has 6 heteroatoms. The highest BCUT2D eigenvalue weighted by atomic mass is 35.5. The van der Waals surface area contributed by atoms with Gasteiger partial charge in [-0.1, -0.05) is 36.0 Å². The van der Waals surface area contributed by atoms with Crippen molar-refractivity contribution < 1.29 is 13.5 Å². The molecule has 0 aromatic heterocycles. The molecule has 0 aliphatic carbocycles. The Kier molecular flexibility index (Phi) is 4.52. The van der Waals surface area contributed by atoms with E-state index in [-0.39, 0.29) is 17.2 Å². The van der Waals surface area contributed by atoms with Crippen LogP contribution in [0.1, 0.15) is 11.1 Å². The van der Waals surface area contributed by atoms with Gasteiger partial charge >= 0.3 is 0 Å². The molecular formula is C14H10ClF2NOS. The predicted molar refractivity (Wildman–Crippen MR) is 78.0 cm³/mol. The first-order chi connectivity index (χ1) is 9.47. The zero-order valence-corrected chi connectivity index (χ0v) is 11.8. The summed E-state index contributed by atoms with van der Waals surface area (Å²) in [6, 6.07) is 8.90. The summed E-state index contributed by atoms with van der Waals surface area (Å²) < 4.78 is 32.6. The Morgan fingerprint density at radius 3 is 2.40 bits per heavy atom. The van der Waals surface area contributed by atoms with Crippen LogP contribution in [-0.2, 0) is 6.61 Å². The van der Waals surface area contributed by atoms with Gasteiger partial charge in [-0.2, -0.15) is 0 Å². The summed E-state index contributed by atoms with van der Waals surface area (Å²) in [6.45, 7) is 0.000812. The fraction of sp³-hybridized carbons (Fsp3) is 0.0714. The van der Waals surface area contributed by atoms with E-state index in [4.69, 9.17) is 22.1 Å². The number of thiocarbonyl (C=S) groups is 1. The van der Waals surface area contributed by atoms with Gasteiger partial charge in [-0.25, -0.2) is 8.78 Å². The third kappa shape index (κ3) is 3.43. The summed E-state index contributed by atoms with van der Waals surface area (Å²) in [7, 11) is 0. The quantitative estimate of drug-likeness (QED) is 0.871. The molecule has 0 atom stereocenters. The summed E-state index contributed by atoms with van der Waals surface area (Å²) >= 11 is 10.5. The molecule has 0 bridgehead atoms. The Morgan fingerprint density at radius 2 is 1.85 bits per heavy atom. The second-order valence-electron chi connectivity index (χ2n) is 4.05. The van der Waals surface area contributed by atoms with Crippen LogP contribution in [0.2, 0.25) is 5.02 Å². The molecule has 2 nitrogen and oxygen atoms in total. The number of halogens is 3. The van der Waals surface area contributed by atoms with Gasteiger partial charge in [0, 0.05) is 10.6 Å². The monoisotopic (exact) mass is 313 g/mol. The van der Waals surface area contributed by atoms with Crippen LogP contribution in [0.15, 0.2) is 36.4 Å². The fourth-order valence-corrected chi connectivity index (χ4v) is 1.95. The van der Waals surface area contributed by atoms with Gasteiger partial charge in [-0.3, -0.25) is 0 Å². The van der Waals surface area contributed by atoms with E-state index in [2.05, 4.69) is 12.2 Å². The molecular weight excluding hydrogens is 304 g/mol. The summed E-state index contributed by atoms with van der Waals surface area (Å²) in [4.78, 5) is -0.0795. The molecule has 0 aliphatic heterocycles. The van der Waals surface area contributed by atoms with Gasteiger partial charge in [0.1, 0.15) is 11.6 Å². The molecule has 0 radical (unpaired) electrons. The topological polar surface area (TPSA) is 35.2 Å². The van der Waals surface area contributed by atoms with Crippen LogP contribution in [0.25, 0.3) is 0 Å². The highest BCUT2D eigenvalue weighted by Gasteiger charge is 2.14. The van der Waals surface area contributed by atoms with E-state index < -0.39 is 17.4 Å². The molecule has 0 saturated heterocycles. The van der Waals surface area contributed by atoms with Crippen molar-refractivity contribution in [2.75, 3.05) is 0 Å². The van der Waals surface area contributed by atoms with Gasteiger partial charge in [0.15, 0.2) is 17.4 Å². The maximum absolute atomic E-state index is 13.7. The zero-order chi connectivity index (χ0) is 14.7. The van der Waals surface area contributed by atoms with Crippen molar-refractivity contribution in [2.45, 2.75) is 6.61 Å². The number of benzene rings is 2. The second-order valence-corrected chi connectivity index (χ2v) is 4.93. The molecule has 2 rings (SSSR count). The van der Waals surface area contributed by atoms with Gasteiger partial charge in [-0.05, 0) is 29.8 Å². The minimum atomic E-state index is -0.852. The van der Waals surface area contributed by atoms with Gasteiger partial charge in [0.25, 0.3) is 0 Å². The zero-order valence-electron chi connectivity index (χ0n) is 10.2. The van der Waals surface area contributed by atoms with Crippen LogP contribution in [0.5, 0.6) is 5.75 Å². The van der Waals surface area contributed by atoms with E-state index in [1.807, 2.05) is 0 Å². The highest BCUT2D eigenvalue weighted by Crippen LogP contribution is 2.24. The summed E-state index contributed by atoms with van der Waals surface area (Å²) in [5.74, 6) is -2.17. The maximum Gasteiger partial charge on any atom is 0.191 e. The lowest BCUT2D eigenvalue weighted by atomic mass is 10.2. The van der Waals surface area contributed by atoms with Crippen molar-refractivity contribution >= 4 is 28.8 Å². The van der Waals surface area contributed by atoms with Crippen LogP contribution in [0, 0.1) is 11.6 Å². The van der Waals surface area contributed by atoms with E-state index in [0.717, 1.165) is 12.1 Å². The Morgan fingerprint density at radius 1 is 1.20 bits per heavy atom. The fourth-order valence-electron chi connectivity index (χ4n) is 1.62. The number of hydrogen-bond donors (Lipinski definition) is 1. The third-order valence-electron chi connectivity index (χ3n) is 2.56. The average Bonchev–Trinajstić information content (AvgIpc) is 2.37. The minimum Gasteiger partial charge on any atom is -0.483 e. The Hall–Kier alpha value is -1.72. The van der Waals surface area contributed by atoms with Gasteiger partial charge < -0.3 is 10.5 Å². The first-order valence-electron chi connectivity index (χ1n) is 5.63. The number of hydrogen-bond acceptors (Lipinski definition) is 2. The van der Waals surface area contributed by atoms with E-state index >= 15 is 0 Å². The third-order valence-corrected chi connectivity index (χ3v) is 3.03. The predicted octanol–water partition coefficient (Wildman–Crippen LogP) is 3.83. The average molecular weight is 314 g/mol. The molecule has 0 aliphatic rings. The number of nitrogens with two attached hydrogens (primary N) is 1. The minimum absolute atomic E-state index is 0.000812. The first-order valence-corrected chi connectivity index (χ1v) is 6.42. The van der Waals surface area contributed by atoms with Crippen molar-refractivity contribution in [1.29, 1.82) is 0 Å². The van der Waals surface area contributed by atoms with Crippen molar-refractivity contribution in [3.05, 3.63) is 64.2 Å². The molecule has 2 aromatic carbocycles. The van der Waals surface area contributed by atoms with Crippen LogP contribution in [0.3, 0.4) is 0 Å². The lowest BCUT2D eigenvalue weighted by Crippen LogP contribution is -2.11. The standard InChI is InChI=1S/C14H10ClF2NOS/c15-10-3-1-2-8(4-10)7-19-13-11(16)5-9(14(18)20)6-12(13)17/h1-6H,7H2,(H2,18,20). The maximum atomic E-state index is 13.7. The summed E-state index contributed by atoms with van der Waals surface area (Å²) in [5, 5.41) is 0.524. The lowest BCUT2D eigenvalue weighted by molar-refractivity contribution is 0.274. The van der Waals surface area contributed by atoms with Crippen LogP contribution in [-0.4, -0.2) is 4.99 Å². The summed E-state index contributed by atoms with van der Waals surface area (Å²) in [5.41, 5.74) is 6.15. The van der Waals surface area contributed by atoms with Crippen molar-refractivity contribution in [3.8, 4) is 5.75 Å². The number of ether oxygens (including phenoxy) is 1. The molecule has 0 unspecified atom stereocenters. The van der Waals surface area contributed by atoms with E-state index in [9.17, 15) is 8.78 Å². The van der Waals surface area contributed by atoms with Crippen LogP contribution < -0.4 is 10.5 Å². The number of rotatable bonds is 4. The molecule has 0 heterocycles. The molecule has 104 valence electrons. The van der Waals surface area contributed by atoms with E-state index in [1.165, 1.54) is 0 Å². The molecule has 2 aromatic rings. The molecule has 0 amide bonds. The van der Waals surface area contributed by atoms with E-state index in [0.29, 0.717) is 10.6 Å². The Balaban J connectivity index is 2.20. The SMILES string of the molecule is NC(=S)c1cc(F)c(OCc2cccc(Cl)c2)c(F)c1. The molecule has 0 fully saturated rings. The summed E-state index contributed by atoms with van der Waals surface area (Å²) in [6.07, 6.45) is 0. The highest BCUT2D eigenvalue weighted by molar-refractivity contribution is 7.80. The molecule has 2 N–H and O–H groups in total. The van der Waals surface area contributed by atoms with Gasteiger partial charge in [0.2, 0.25) is 0 Å². The van der Waals surface area contributed by atoms with E-state index in [1.54, 1.807) is 24.3 Å². The molecule has 0 saturated carbocycles. The van der Waals surface area contributed by atoms with Crippen LogP contribution in [0.4, 0.5) is 8.78 Å². The molecule has 0 spiro atoms. The van der Waals surface area contributed by atoms with Crippen LogP contribution >= 0.6 is 23.8 Å². The first kappa shape index (κ1) is 14.7. The Bertz CT molecular complexity index is 640. The molecule has 20 heavy (non-hydrogen) atoms. The lowest BCUT2D eigenvalue weighted by Gasteiger charge is -2.10. The van der Waals surface area contributed by atoms with Gasteiger partial charge in [-0.15, -0.1) is 0 Å². The van der Waals surface area contributed by atoms with Crippen molar-refractivity contribution in [2.24, 2.45) is 5.73 Å². The largest absolute Gasteiger partial charge is 0.483 e. The van der Waals surface area contributed by atoms with Crippen molar-refractivity contribution in [3.63, 3.8) is 0 Å². The Labute approximate surface area is 125 Å². The smallest absolute Gasteiger partial charge is 0.191 e.